The molecule has 0 radical (unpaired) electrons. The van der Waals surface area contributed by atoms with E-state index in [0.29, 0.717) is 17.4 Å². The monoisotopic (exact) mass is 319 g/mol. The summed E-state index contributed by atoms with van der Waals surface area (Å²) in [7, 11) is -3.33. The van der Waals surface area contributed by atoms with Gasteiger partial charge in [0.1, 0.15) is 17.8 Å². The summed E-state index contributed by atoms with van der Waals surface area (Å²) < 4.78 is 24.3. The molecule has 0 aliphatic carbocycles. The van der Waals surface area contributed by atoms with Crippen LogP contribution in [0.15, 0.2) is 60.7 Å². The van der Waals surface area contributed by atoms with Gasteiger partial charge in [-0.2, -0.15) is 0 Å². The predicted octanol–water partition coefficient (Wildman–Crippen LogP) is 4.54. The summed E-state index contributed by atoms with van der Waals surface area (Å²) >= 11 is 0. The molecule has 4 nitrogen and oxygen atoms in total. The van der Waals surface area contributed by atoms with Gasteiger partial charge in [0.2, 0.25) is 0 Å². The third-order valence-electron chi connectivity index (χ3n) is 2.83. The van der Waals surface area contributed by atoms with Crippen molar-refractivity contribution in [2.24, 2.45) is 5.92 Å². The molecule has 0 unspecified atom stereocenters. The van der Waals surface area contributed by atoms with Gasteiger partial charge in [-0.05, 0) is 36.7 Å². The van der Waals surface area contributed by atoms with E-state index in [1.54, 1.807) is 24.3 Å². The van der Waals surface area contributed by atoms with E-state index in [2.05, 4.69) is 19.2 Å². The van der Waals surface area contributed by atoms with Crippen molar-refractivity contribution in [2.75, 3.05) is 12.8 Å². The van der Waals surface area contributed by atoms with Crippen LogP contribution in [0.1, 0.15) is 13.8 Å². The SMILES string of the molecule is CC(C)CNCP(=O)(Oc1ccccc1)Oc1ccccc1. The first-order valence-electron chi connectivity index (χ1n) is 7.36. The van der Waals surface area contributed by atoms with Crippen LogP contribution in [-0.2, 0) is 4.57 Å². The van der Waals surface area contributed by atoms with Gasteiger partial charge in [-0.15, -0.1) is 0 Å². The topological polar surface area (TPSA) is 47.6 Å². The molecular formula is C17H22NO3P. The number of rotatable bonds is 8. The van der Waals surface area contributed by atoms with Crippen molar-refractivity contribution in [3.8, 4) is 11.5 Å². The van der Waals surface area contributed by atoms with E-state index in [0.717, 1.165) is 6.54 Å². The molecule has 0 fully saturated rings. The number of para-hydroxylation sites is 2. The van der Waals surface area contributed by atoms with Gasteiger partial charge in [0, 0.05) is 0 Å². The Morgan fingerprint density at radius 1 is 0.909 bits per heavy atom. The number of nitrogens with one attached hydrogen (secondary N) is 1. The molecule has 0 aliphatic rings. The molecule has 2 rings (SSSR count). The molecule has 0 aliphatic heterocycles. The standard InChI is InChI=1S/C17H22NO3P/c1-15(2)13-18-14-22(19,20-16-9-5-3-6-10-16)21-17-11-7-4-8-12-17/h3-12,15,18H,13-14H2,1-2H3. The molecular weight excluding hydrogens is 297 g/mol. The molecule has 2 aromatic carbocycles. The van der Waals surface area contributed by atoms with Crippen molar-refractivity contribution in [1.82, 2.24) is 5.32 Å². The van der Waals surface area contributed by atoms with E-state index in [-0.39, 0.29) is 6.29 Å². The Morgan fingerprint density at radius 2 is 1.36 bits per heavy atom. The zero-order valence-corrected chi connectivity index (χ0v) is 13.8. The van der Waals surface area contributed by atoms with Crippen molar-refractivity contribution in [1.29, 1.82) is 0 Å². The fraction of sp³-hybridized carbons (Fsp3) is 0.294. The van der Waals surface area contributed by atoms with E-state index in [4.69, 9.17) is 9.05 Å². The normalized spacial score (nSPS) is 11.4. The fourth-order valence-electron chi connectivity index (χ4n) is 1.86. The van der Waals surface area contributed by atoms with E-state index in [1.807, 2.05) is 36.4 Å². The second-order valence-corrected chi connectivity index (χ2v) is 7.33. The van der Waals surface area contributed by atoms with Crippen LogP contribution in [0.3, 0.4) is 0 Å². The van der Waals surface area contributed by atoms with Gasteiger partial charge in [-0.25, -0.2) is 4.57 Å². The molecule has 1 N–H and O–H groups in total. The van der Waals surface area contributed by atoms with Crippen molar-refractivity contribution in [2.45, 2.75) is 13.8 Å². The lowest BCUT2D eigenvalue weighted by molar-refractivity contribution is 0.379. The summed E-state index contributed by atoms with van der Waals surface area (Å²) in [6, 6.07) is 18.2. The first kappa shape index (κ1) is 16.6. The largest absolute Gasteiger partial charge is 0.444 e. The zero-order chi connectivity index (χ0) is 15.8. The highest BCUT2D eigenvalue weighted by Crippen LogP contribution is 2.47. The smallest absolute Gasteiger partial charge is 0.415 e. The minimum Gasteiger partial charge on any atom is -0.415 e. The van der Waals surface area contributed by atoms with Gasteiger partial charge in [0.25, 0.3) is 0 Å². The fourth-order valence-corrected chi connectivity index (χ4v) is 3.31. The summed E-state index contributed by atoms with van der Waals surface area (Å²) in [6.45, 7) is 4.93. The van der Waals surface area contributed by atoms with Crippen LogP contribution < -0.4 is 14.4 Å². The average Bonchev–Trinajstić information content (AvgIpc) is 2.48. The highest BCUT2D eigenvalue weighted by atomic mass is 31.2. The van der Waals surface area contributed by atoms with Crippen molar-refractivity contribution in [3.05, 3.63) is 60.7 Å². The van der Waals surface area contributed by atoms with Gasteiger partial charge in [0.15, 0.2) is 0 Å². The molecule has 0 saturated heterocycles. The Kier molecular flexibility index (Phi) is 6.05. The van der Waals surface area contributed by atoms with E-state index in [9.17, 15) is 4.57 Å². The molecule has 0 aromatic heterocycles. The Morgan fingerprint density at radius 3 is 1.77 bits per heavy atom. The van der Waals surface area contributed by atoms with Gasteiger partial charge in [-0.3, -0.25) is 0 Å². The van der Waals surface area contributed by atoms with E-state index in [1.165, 1.54) is 0 Å². The molecule has 2 aromatic rings. The Balaban J connectivity index is 2.10. The first-order valence-corrected chi connectivity index (χ1v) is 9.09. The number of hydrogen-bond acceptors (Lipinski definition) is 4. The summed E-state index contributed by atoms with van der Waals surface area (Å²) in [5.41, 5.74) is 0. The van der Waals surface area contributed by atoms with Crippen LogP contribution in [0.2, 0.25) is 0 Å². The molecule has 5 heteroatoms. The number of benzene rings is 2. The molecule has 0 heterocycles. The van der Waals surface area contributed by atoms with Crippen LogP contribution in [0.4, 0.5) is 0 Å². The van der Waals surface area contributed by atoms with Gasteiger partial charge >= 0.3 is 7.60 Å². The summed E-state index contributed by atoms with van der Waals surface area (Å²) in [5.74, 6) is 1.53. The van der Waals surface area contributed by atoms with Crippen LogP contribution in [0.25, 0.3) is 0 Å². The minimum absolute atomic E-state index is 0.162. The van der Waals surface area contributed by atoms with Gasteiger partial charge < -0.3 is 14.4 Å². The quantitative estimate of drug-likeness (QED) is 0.726. The summed E-state index contributed by atoms with van der Waals surface area (Å²) in [4.78, 5) is 0. The third-order valence-corrected chi connectivity index (χ3v) is 4.42. The van der Waals surface area contributed by atoms with Gasteiger partial charge in [-0.1, -0.05) is 50.2 Å². The van der Waals surface area contributed by atoms with E-state index >= 15 is 0 Å². The van der Waals surface area contributed by atoms with Crippen LogP contribution >= 0.6 is 7.60 Å². The van der Waals surface area contributed by atoms with Crippen LogP contribution in [0.5, 0.6) is 11.5 Å². The highest BCUT2D eigenvalue weighted by Gasteiger charge is 2.27. The lowest BCUT2D eigenvalue weighted by Crippen LogP contribution is -2.23. The number of hydrogen-bond donors (Lipinski definition) is 1. The van der Waals surface area contributed by atoms with E-state index < -0.39 is 7.60 Å². The van der Waals surface area contributed by atoms with Crippen LogP contribution in [-0.4, -0.2) is 12.8 Å². The Bertz CT molecular complexity index is 556. The predicted molar refractivity (Wildman–Crippen MR) is 89.5 cm³/mol. The molecule has 0 saturated carbocycles. The van der Waals surface area contributed by atoms with Crippen molar-refractivity contribution < 1.29 is 13.6 Å². The van der Waals surface area contributed by atoms with Crippen molar-refractivity contribution >= 4 is 7.60 Å². The molecule has 0 spiro atoms. The maximum absolute atomic E-state index is 13.0. The Labute approximate surface area is 132 Å². The molecule has 0 atom stereocenters. The average molecular weight is 319 g/mol. The third kappa shape index (κ3) is 5.55. The first-order chi connectivity index (χ1) is 10.6. The lowest BCUT2D eigenvalue weighted by Gasteiger charge is -2.21. The minimum atomic E-state index is -3.33. The molecule has 0 bridgehead atoms. The molecule has 118 valence electrons. The van der Waals surface area contributed by atoms with Gasteiger partial charge in [0.05, 0.1) is 0 Å². The maximum Gasteiger partial charge on any atom is 0.444 e. The second kappa shape index (κ2) is 8.02. The zero-order valence-electron chi connectivity index (χ0n) is 12.9. The summed E-state index contributed by atoms with van der Waals surface area (Å²) in [5, 5.41) is 3.15. The Hall–Kier alpha value is -1.77. The van der Waals surface area contributed by atoms with Crippen LogP contribution in [0, 0.1) is 5.92 Å². The highest BCUT2D eigenvalue weighted by molar-refractivity contribution is 7.54. The summed E-state index contributed by atoms with van der Waals surface area (Å²) in [6.07, 6.45) is 0.162. The lowest BCUT2D eigenvalue weighted by atomic mass is 10.2. The second-order valence-electron chi connectivity index (χ2n) is 5.43. The molecule has 22 heavy (non-hydrogen) atoms. The van der Waals surface area contributed by atoms with Crippen molar-refractivity contribution in [3.63, 3.8) is 0 Å². The molecule has 0 amide bonds. The maximum atomic E-state index is 13.0.